The van der Waals surface area contributed by atoms with Gasteiger partial charge in [0.25, 0.3) is 0 Å². The van der Waals surface area contributed by atoms with E-state index in [0.717, 1.165) is 42.9 Å². The molecule has 1 atom stereocenters. The van der Waals surface area contributed by atoms with Gasteiger partial charge in [-0.2, -0.15) is 17.9 Å². The summed E-state index contributed by atoms with van der Waals surface area (Å²) >= 11 is 4.76. The molecule has 1 aliphatic heterocycles. The Bertz CT molecular complexity index is 680. The Morgan fingerprint density at radius 2 is 1.88 bits per heavy atom. The number of benzene rings is 1. The molecule has 1 aliphatic rings. The monoisotopic (exact) mass is 361 g/mol. The number of nitriles is 1. The van der Waals surface area contributed by atoms with E-state index in [1.54, 1.807) is 14.2 Å². The van der Waals surface area contributed by atoms with Crippen LogP contribution in [0, 0.1) is 11.3 Å². The van der Waals surface area contributed by atoms with Crippen LogP contribution in [0.25, 0.3) is 0 Å². The molecule has 0 amide bonds. The number of rotatable bonds is 8. The molecule has 0 aliphatic carbocycles. The van der Waals surface area contributed by atoms with E-state index >= 15 is 0 Å². The van der Waals surface area contributed by atoms with E-state index in [4.69, 9.17) is 22.1 Å². The molecule has 0 radical (unpaired) electrons. The van der Waals surface area contributed by atoms with Crippen molar-refractivity contribution in [3.8, 4) is 17.6 Å². The highest BCUT2D eigenvalue weighted by Gasteiger charge is 2.36. The molecule has 136 valence electrons. The van der Waals surface area contributed by atoms with Crippen molar-refractivity contribution in [2.45, 2.75) is 31.4 Å². The average molecular weight is 362 g/mol. The number of hydrogen-bond donors (Lipinski definition) is 1. The zero-order valence-corrected chi connectivity index (χ0v) is 16.4. The van der Waals surface area contributed by atoms with Gasteiger partial charge in [-0.3, -0.25) is 4.99 Å². The third-order valence-corrected chi connectivity index (χ3v) is 5.31. The Morgan fingerprint density at radius 1 is 1.24 bits per heavy atom. The van der Waals surface area contributed by atoms with Crippen LogP contribution in [-0.4, -0.2) is 55.8 Å². The molecule has 0 N–H and O–H groups in total. The van der Waals surface area contributed by atoms with Gasteiger partial charge in [-0.25, -0.2) is 0 Å². The van der Waals surface area contributed by atoms with Gasteiger partial charge in [0.05, 0.1) is 26.0 Å². The predicted molar refractivity (Wildman–Crippen MR) is 104 cm³/mol. The number of thiol groups is 1. The molecule has 1 heterocycles. The van der Waals surface area contributed by atoms with Crippen molar-refractivity contribution >= 4 is 18.3 Å². The van der Waals surface area contributed by atoms with E-state index in [0.29, 0.717) is 24.5 Å². The van der Waals surface area contributed by atoms with Crippen LogP contribution in [-0.2, 0) is 6.42 Å². The van der Waals surface area contributed by atoms with Gasteiger partial charge in [-0.15, -0.1) is 0 Å². The molecule has 1 unspecified atom stereocenters. The third kappa shape index (κ3) is 4.10. The van der Waals surface area contributed by atoms with Crippen LogP contribution >= 0.6 is 12.6 Å². The van der Waals surface area contributed by atoms with Gasteiger partial charge in [-0.1, -0.05) is 13.8 Å². The lowest BCUT2D eigenvalue weighted by Crippen LogP contribution is -2.39. The third-order valence-electron chi connectivity index (χ3n) is 4.78. The summed E-state index contributed by atoms with van der Waals surface area (Å²) in [6.07, 6.45) is 1.45. The van der Waals surface area contributed by atoms with Crippen molar-refractivity contribution in [2.24, 2.45) is 4.99 Å². The molecule has 0 aromatic heterocycles. The second-order valence-electron chi connectivity index (χ2n) is 6.09. The van der Waals surface area contributed by atoms with Gasteiger partial charge < -0.3 is 14.4 Å². The van der Waals surface area contributed by atoms with Gasteiger partial charge in [0, 0.05) is 18.7 Å². The van der Waals surface area contributed by atoms with Gasteiger partial charge in [0.2, 0.25) is 0 Å². The summed E-state index contributed by atoms with van der Waals surface area (Å²) in [6, 6.07) is 6.30. The molecular formula is C19H27N3O2S. The fraction of sp³-hybridized carbons (Fsp3) is 0.579. The first kappa shape index (κ1) is 19.6. The smallest absolute Gasteiger partial charge is 0.161 e. The lowest BCUT2D eigenvalue weighted by molar-refractivity contribution is 0.299. The SMILES string of the molecule is CCN(CC)CCC(S)(C#N)C1=NCCc2cc(OC)c(OC)cc21. The van der Waals surface area contributed by atoms with Crippen molar-refractivity contribution in [2.75, 3.05) is 40.4 Å². The lowest BCUT2D eigenvalue weighted by Gasteiger charge is -2.30. The fourth-order valence-corrected chi connectivity index (χ4v) is 3.45. The molecule has 6 heteroatoms. The van der Waals surface area contributed by atoms with Crippen LogP contribution in [0.15, 0.2) is 17.1 Å². The number of methoxy groups -OCH3 is 2. The quantitative estimate of drug-likeness (QED) is 0.723. The lowest BCUT2D eigenvalue weighted by atomic mass is 9.87. The minimum Gasteiger partial charge on any atom is -0.493 e. The molecule has 0 spiro atoms. The van der Waals surface area contributed by atoms with Crippen LogP contribution in [0.2, 0.25) is 0 Å². The Morgan fingerprint density at radius 3 is 2.44 bits per heavy atom. The van der Waals surface area contributed by atoms with Gasteiger partial charge >= 0.3 is 0 Å². The summed E-state index contributed by atoms with van der Waals surface area (Å²) in [5.41, 5.74) is 2.81. The maximum Gasteiger partial charge on any atom is 0.161 e. The van der Waals surface area contributed by atoms with E-state index in [-0.39, 0.29) is 0 Å². The molecular weight excluding hydrogens is 334 g/mol. The van der Waals surface area contributed by atoms with E-state index in [2.05, 4.69) is 29.8 Å². The number of ether oxygens (including phenoxy) is 2. The highest BCUT2D eigenvalue weighted by atomic mass is 32.1. The van der Waals surface area contributed by atoms with Crippen molar-refractivity contribution < 1.29 is 9.47 Å². The first-order valence-corrected chi connectivity index (χ1v) is 9.13. The van der Waals surface area contributed by atoms with Gasteiger partial charge in [0.15, 0.2) is 11.5 Å². The van der Waals surface area contributed by atoms with Crippen molar-refractivity contribution in [1.82, 2.24) is 4.90 Å². The molecule has 0 bridgehead atoms. The summed E-state index contributed by atoms with van der Waals surface area (Å²) in [7, 11) is 3.24. The molecule has 1 aromatic rings. The number of nitrogens with zero attached hydrogens (tertiary/aromatic N) is 3. The standard InChI is InChI=1S/C19H27N3O2S/c1-5-22(6-2)10-8-19(25,13-20)18-15-12-17(24-4)16(23-3)11-14(15)7-9-21-18/h11-12,25H,5-10H2,1-4H3. The maximum atomic E-state index is 9.87. The largest absolute Gasteiger partial charge is 0.493 e. The van der Waals surface area contributed by atoms with Gasteiger partial charge in [0.1, 0.15) is 4.75 Å². The molecule has 0 fully saturated rings. The molecule has 0 saturated carbocycles. The minimum atomic E-state index is -0.919. The molecule has 25 heavy (non-hydrogen) atoms. The molecule has 2 rings (SSSR count). The summed E-state index contributed by atoms with van der Waals surface area (Å²) in [4.78, 5) is 6.97. The normalized spacial score (nSPS) is 15.8. The Kier molecular flexibility index (Phi) is 6.74. The van der Waals surface area contributed by atoms with Gasteiger partial charge in [-0.05, 0) is 43.6 Å². The second-order valence-corrected chi connectivity index (χ2v) is 6.86. The summed E-state index contributed by atoms with van der Waals surface area (Å²) in [5, 5.41) is 9.87. The predicted octanol–water partition coefficient (Wildman–Crippen LogP) is 2.97. The fourth-order valence-electron chi connectivity index (χ4n) is 3.16. The average Bonchev–Trinajstić information content (AvgIpc) is 2.66. The second kappa shape index (κ2) is 8.59. The number of fused-ring (bicyclic) bond motifs is 1. The van der Waals surface area contributed by atoms with E-state index < -0.39 is 4.75 Å². The van der Waals surface area contributed by atoms with Crippen LogP contribution in [0.5, 0.6) is 11.5 Å². The number of hydrogen-bond acceptors (Lipinski definition) is 6. The molecule has 5 nitrogen and oxygen atoms in total. The van der Waals surface area contributed by atoms with Crippen LogP contribution in [0.1, 0.15) is 31.4 Å². The maximum absolute atomic E-state index is 9.87. The Hall–Kier alpha value is -1.71. The van der Waals surface area contributed by atoms with Crippen molar-refractivity contribution in [3.63, 3.8) is 0 Å². The van der Waals surface area contributed by atoms with E-state index in [9.17, 15) is 5.26 Å². The van der Waals surface area contributed by atoms with E-state index in [1.165, 1.54) is 0 Å². The highest BCUT2D eigenvalue weighted by Crippen LogP contribution is 2.36. The van der Waals surface area contributed by atoms with Crippen molar-refractivity contribution in [1.29, 1.82) is 5.26 Å². The highest BCUT2D eigenvalue weighted by molar-refractivity contribution is 7.83. The zero-order valence-electron chi connectivity index (χ0n) is 15.5. The zero-order chi connectivity index (χ0) is 18.4. The topological polar surface area (TPSA) is 57.9 Å². The summed E-state index contributed by atoms with van der Waals surface area (Å²) in [5.74, 6) is 1.35. The molecule has 0 saturated heterocycles. The van der Waals surface area contributed by atoms with Crippen LogP contribution in [0.4, 0.5) is 0 Å². The van der Waals surface area contributed by atoms with E-state index in [1.807, 2.05) is 12.1 Å². The Labute approximate surface area is 156 Å². The summed E-state index contributed by atoms with van der Waals surface area (Å²) in [6.45, 7) is 7.64. The number of aliphatic imine (C=N–C) groups is 1. The first-order chi connectivity index (χ1) is 12.0. The molecule has 1 aromatic carbocycles. The van der Waals surface area contributed by atoms with Crippen LogP contribution in [0.3, 0.4) is 0 Å². The minimum absolute atomic E-state index is 0.626. The van der Waals surface area contributed by atoms with Crippen molar-refractivity contribution in [3.05, 3.63) is 23.3 Å². The first-order valence-electron chi connectivity index (χ1n) is 8.69. The van der Waals surface area contributed by atoms with Crippen LogP contribution < -0.4 is 9.47 Å². The Balaban J connectivity index is 2.39. The summed E-state index contributed by atoms with van der Waals surface area (Å²) < 4.78 is 9.92.